The van der Waals surface area contributed by atoms with Crippen molar-refractivity contribution in [1.82, 2.24) is 9.88 Å². The molecule has 0 unspecified atom stereocenters. The fraction of sp³-hybridized carbons (Fsp3) is 0.238. The van der Waals surface area contributed by atoms with E-state index in [4.69, 9.17) is 11.6 Å². The maximum absolute atomic E-state index is 14.3. The summed E-state index contributed by atoms with van der Waals surface area (Å²) in [6, 6.07) is 9.85. The van der Waals surface area contributed by atoms with Crippen molar-refractivity contribution in [3.05, 3.63) is 74.3 Å². The first-order valence-electron chi connectivity index (χ1n) is 9.03. The van der Waals surface area contributed by atoms with Gasteiger partial charge in [-0.15, -0.1) is 0 Å². The third kappa shape index (κ3) is 3.53. The number of H-pyrrole nitrogens is 1. The third-order valence-corrected chi connectivity index (χ3v) is 5.31. The van der Waals surface area contributed by atoms with E-state index in [-0.39, 0.29) is 23.3 Å². The molecular weight excluding hydrogens is 381 g/mol. The quantitative estimate of drug-likeness (QED) is 0.707. The lowest BCUT2D eigenvalue weighted by Gasteiger charge is -2.28. The second-order valence-corrected chi connectivity index (χ2v) is 7.48. The number of hydrogen-bond acceptors (Lipinski definition) is 3. The Morgan fingerprint density at radius 2 is 2.00 bits per heavy atom. The van der Waals surface area contributed by atoms with Gasteiger partial charge in [0.2, 0.25) is 5.91 Å². The van der Waals surface area contributed by atoms with E-state index in [0.717, 1.165) is 11.3 Å². The average molecular weight is 400 g/mol. The number of rotatable bonds is 3. The van der Waals surface area contributed by atoms with Crippen LogP contribution in [0.15, 0.2) is 41.2 Å². The predicted molar refractivity (Wildman–Crippen MR) is 108 cm³/mol. The molecule has 0 radical (unpaired) electrons. The lowest BCUT2D eigenvalue weighted by atomic mass is 10.0. The van der Waals surface area contributed by atoms with Crippen LogP contribution in [-0.4, -0.2) is 28.9 Å². The number of benzene rings is 2. The van der Waals surface area contributed by atoms with E-state index in [2.05, 4.69) is 10.3 Å². The highest BCUT2D eigenvalue weighted by atomic mass is 35.5. The maximum atomic E-state index is 14.3. The highest BCUT2D eigenvalue weighted by molar-refractivity contribution is 6.30. The summed E-state index contributed by atoms with van der Waals surface area (Å²) in [6.07, 6.45) is 0.602. The number of anilines is 1. The van der Waals surface area contributed by atoms with E-state index in [1.165, 1.54) is 6.07 Å². The second kappa shape index (κ2) is 7.37. The van der Waals surface area contributed by atoms with Crippen LogP contribution < -0.4 is 10.7 Å². The van der Waals surface area contributed by atoms with E-state index in [0.29, 0.717) is 41.3 Å². The Balaban J connectivity index is 1.55. The number of hydrogen-bond donors (Lipinski definition) is 2. The number of aromatic amines is 1. The van der Waals surface area contributed by atoms with Crippen molar-refractivity contribution in [2.24, 2.45) is 0 Å². The first-order chi connectivity index (χ1) is 13.4. The molecule has 0 bridgehead atoms. The number of halogens is 2. The van der Waals surface area contributed by atoms with Gasteiger partial charge in [-0.1, -0.05) is 17.7 Å². The van der Waals surface area contributed by atoms with Crippen LogP contribution >= 0.6 is 11.6 Å². The van der Waals surface area contributed by atoms with Gasteiger partial charge in [-0.3, -0.25) is 14.5 Å². The Hall–Kier alpha value is -2.70. The molecule has 28 heavy (non-hydrogen) atoms. The summed E-state index contributed by atoms with van der Waals surface area (Å²) in [5, 5.41) is 3.50. The Labute approximate surface area is 166 Å². The average Bonchev–Trinajstić information content (AvgIpc) is 2.67. The van der Waals surface area contributed by atoms with E-state index in [9.17, 15) is 14.0 Å². The van der Waals surface area contributed by atoms with Gasteiger partial charge in [-0.2, -0.15) is 0 Å². The Bertz CT molecular complexity index is 1130. The van der Waals surface area contributed by atoms with Crippen molar-refractivity contribution in [3.8, 4) is 0 Å². The van der Waals surface area contributed by atoms with Crippen LogP contribution in [0.2, 0.25) is 5.02 Å². The molecule has 0 aliphatic carbocycles. The highest BCUT2D eigenvalue weighted by Crippen LogP contribution is 2.22. The third-order valence-electron chi connectivity index (χ3n) is 5.06. The second-order valence-electron chi connectivity index (χ2n) is 7.04. The number of nitrogens with one attached hydrogen (secondary N) is 2. The van der Waals surface area contributed by atoms with Gasteiger partial charge in [0, 0.05) is 41.5 Å². The van der Waals surface area contributed by atoms with E-state index >= 15 is 0 Å². The molecule has 0 saturated heterocycles. The number of carbonyl (C=O) groups is 1. The number of amides is 1. The molecule has 1 amide bonds. The van der Waals surface area contributed by atoms with E-state index in [1.807, 2.05) is 11.8 Å². The molecule has 0 saturated carbocycles. The molecule has 1 aliphatic rings. The molecule has 2 aromatic carbocycles. The molecule has 2 heterocycles. The Kier molecular flexibility index (Phi) is 4.91. The van der Waals surface area contributed by atoms with Gasteiger partial charge >= 0.3 is 0 Å². The molecular formula is C21H19ClFN3O2. The lowest BCUT2D eigenvalue weighted by Crippen LogP contribution is -2.39. The summed E-state index contributed by atoms with van der Waals surface area (Å²) in [4.78, 5) is 30.4. The molecule has 4 rings (SSSR count). The standard InChI is InChI=1S/C21H19ClFN3O2/c1-12-2-7-16(23)19-20(12)25-17-8-9-26(10-15(17)21(19)28)11-18(27)24-14-5-3-13(22)4-6-14/h2-7H,8-11H2,1H3,(H,24,27)(H,25,28). The van der Waals surface area contributed by atoms with Crippen molar-refractivity contribution in [2.45, 2.75) is 19.9 Å². The van der Waals surface area contributed by atoms with Gasteiger partial charge in [0.15, 0.2) is 5.43 Å². The number of fused-ring (bicyclic) bond motifs is 2. The normalized spacial score (nSPS) is 14.1. The zero-order chi connectivity index (χ0) is 19.8. The minimum atomic E-state index is -0.526. The van der Waals surface area contributed by atoms with Crippen molar-refractivity contribution in [3.63, 3.8) is 0 Å². The molecule has 5 nitrogen and oxygen atoms in total. The summed E-state index contributed by atoms with van der Waals surface area (Å²) in [5.74, 6) is -0.702. The fourth-order valence-corrected chi connectivity index (χ4v) is 3.73. The molecule has 0 atom stereocenters. The Morgan fingerprint density at radius 3 is 2.75 bits per heavy atom. The van der Waals surface area contributed by atoms with Gasteiger partial charge in [0.1, 0.15) is 5.82 Å². The van der Waals surface area contributed by atoms with Crippen molar-refractivity contribution >= 4 is 34.1 Å². The molecule has 0 spiro atoms. The number of aryl methyl sites for hydroxylation is 1. The van der Waals surface area contributed by atoms with Crippen LogP contribution in [0.4, 0.5) is 10.1 Å². The molecule has 1 aromatic heterocycles. The summed E-state index contributed by atoms with van der Waals surface area (Å²) in [6.45, 7) is 2.94. The smallest absolute Gasteiger partial charge is 0.238 e. The molecule has 7 heteroatoms. The highest BCUT2D eigenvalue weighted by Gasteiger charge is 2.24. The fourth-order valence-electron chi connectivity index (χ4n) is 3.60. The van der Waals surface area contributed by atoms with Crippen LogP contribution in [0.5, 0.6) is 0 Å². The van der Waals surface area contributed by atoms with Crippen molar-refractivity contribution in [2.75, 3.05) is 18.4 Å². The number of aromatic nitrogens is 1. The summed E-state index contributed by atoms with van der Waals surface area (Å²) in [7, 11) is 0. The van der Waals surface area contributed by atoms with Gasteiger partial charge in [-0.25, -0.2) is 4.39 Å². The zero-order valence-electron chi connectivity index (χ0n) is 15.3. The molecule has 3 aromatic rings. The SMILES string of the molecule is Cc1ccc(F)c2c(=O)c3c([nH]c12)CCN(CC(=O)Nc1ccc(Cl)cc1)C3. The van der Waals surface area contributed by atoms with E-state index < -0.39 is 5.82 Å². The minimum absolute atomic E-state index is 0.0891. The lowest BCUT2D eigenvalue weighted by molar-refractivity contribution is -0.117. The van der Waals surface area contributed by atoms with Crippen LogP contribution in [-0.2, 0) is 17.8 Å². The van der Waals surface area contributed by atoms with Gasteiger partial charge < -0.3 is 10.3 Å². The van der Waals surface area contributed by atoms with Crippen LogP contribution in [0.25, 0.3) is 10.9 Å². The number of carbonyl (C=O) groups excluding carboxylic acids is 1. The first-order valence-corrected chi connectivity index (χ1v) is 9.41. The number of pyridine rings is 1. The largest absolute Gasteiger partial charge is 0.358 e. The molecule has 144 valence electrons. The molecule has 1 aliphatic heterocycles. The van der Waals surface area contributed by atoms with Crippen molar-refractivity contribution in [1.29, 1.82) is 0 Å². The van der Waals surface area contributed by atoms with Gasteiger partial charge in [-0.05, 0) is 42.8 Å². The predicted octanol–water partition coefficient (Wildman–Crippen LogP) is 3.63. The summed E-state index contributed by atoms with van der Waals surface area (Å²) < 4.78 is 14.3. The zero-order valence-corrected chi connectivity index (χ0v) is 16.1. The molecule has 2 N–H and O–H groups in total. The first kappa shape index (κ1) is 18.7. The van der Waals surface area contributed by atoms with E-state index in [1.54, 1.807) is 30.3 Å². The van der Waals surface area contributed by atoms with Gasteiger partial charge in [0.05, 0.1) is 17.4 Å². The van der Waals surface area contributed by atoms with Crippen LogP contribution in [0, 0.1) is 12.7 Å². The maximum Gasteiger partial charge on any atom is 0.238 e. The monoisotopic (exact) mass is 399 g/mol. The van der Waals surface area contributed by atoms with Crippen LogP contribution in [0.1, 0.15) is 16.8 Å². The Morgan fingerprint density at radius 1 is 1.25 bits per heavy atom. The molecule has 0 fully saturated rings. The van der Waals surface area contributed by atoms with Crippen LogP contribution in [0.3, 0.4) is 0 Å². The number of nitrogens with zero attached hydrogens (tertiary/aromatic N) is 1. The minimum Gasteiger partial charge on any atom is -0.358 e. The van der Waals surface area contributed by atoms with Gasteiger partial charge in [0.25, 0.3) is 0 Å². The van der Waals surface area contributed by atoms with Crippen molar-refractivity contribution < 1.29 is 9.18 Å². The summed E-state index contributed by atoms with van der Waals surface area (Å²) in [5.41, 5.74) is 3.10. The summed E-state index contributed by atoms with van der Waals surface area (Å²) >= 11 is 5.85. The topological polar surface area (TPSA) is 65.2 Å².